The van der Waals surface area contributed by atoms with E-state index < -0.39 is 25.2 Å². The van der Waals surface area contributed by atoms with Crippen LogP contribution in [0.15, 0.2) is 97.1 Å². The van der Waals surface area contributed by atoms with Gasteiger partial charge < -0.3 is 28.3 Å². The zero-order valence-corrected chi connectivity index (χ0v) is 30.3. The summed E-state index contributed by atoms with van der Waals surface area (Å²) in [4.78, 5) is 0. The normalized spacial score (nSPS) is 11.3. The second kappa shape index (κ2) is 20.5. The Morgan fingerprint density at radius 2 is 1.00 bits per heavy atom. The predicted molar refractivity (Wildman–Crippen MR) is 217 cm³/mol. The lowest BCUT2D eigenvalue weighted by molar-refractivity contribution is 0.275. The second-order valence-electron chi connectivity index (χ2n) is 12.9. The van der Waals surface area contributed by atoms with E-state index in [2.05, 4.69) is 74.7 Å². The highest BCUT2D eigenvalue weighted by atomic mass is 28.5. The molecule has 0 saturated carbocycles. The summed E-state index contributed by atoms with van der Waals surface area (Å²) >= 11 is 0. The fourth-order valence-electron chi connectivity index (χ4n) is 5.85. The van der Waals surface area contributed by atoms with Gasteiger partial charge in [-0.2, -0.15) is 0 Å². The highest BCUT2D eigenvalue weighted by Gasteiger charge is 2.50. The maximum absolute atomic E-state index is 10.0. The van der Waals surface area contributed by atoms with Crippen LogP contribution in [0.25, 0.3) is 0 Å². The highest BCUT2D eigenvalue weighted by molar-refractivity contribution is 7.02. The Bertz CT molecular complexity index is 1400. The Kier molecular flexibility index (Phi) is 19.1. The molecule has 4 aromatic rings. The Morgan fingerprint density at radius 1 is 0.571 bits per heavy atom. The summed E-state index contributed by atoms with van der Waals surface area (Å²) in [6.45, 7) is 9.03. The number of aryl methyl sites for hydroxylation is 2. The molecule has 4 aromatic carbocycles. The Balaban J connectivity index is 0.00000576. The van der Waals surface area contributed by atoms with Crippen LogP contribution in [0, 0.1) is 0 Å². The molecule has 0 bridgehead atoms. The first-order valence-electron chi connectivity index (χ1n) is 15.8. The molecule has 0 aliphatic carbocycles. The van der Waals surface area contributed by atoms with Gasteiger partial charge in [0, 0.05) is 5.56 Å². The van der Waals surface area contributed by atoms with Crippen LogP contribution in [0.2, 0.25) is 38.3 Å². The van der Waals surface area contributed by atoms with Crippen molar-refractivity contribution < 1.29 is 28.3 Å². The molecule has 0 radical (unpaired) electrons. The molecule has 0 fully saturated rings. The second-order valence-corrected chi connectivity index (χ2v) is 25.0. The van der Waals surface area contributed by atoms with Crippen molar-refractivity contribution in [2.24, 2.45) is 0 Å². The number of rotatable bonds is 16. The first-order chi connectivity index (χ1) is 21.5. The van der Waals surface area contributed by atoms with Crippen molar-refractivity contribution in [1.29, 1.82) is 0 Å². The summed E-state index contributed by atoms with van der Waals surface area (Å²) < 4.78 is 20.3. The van der Waals surface area contributed by atoms with E-state index in [0.717, 1.165) is 59.3 Å². The molecule has 49 heavy (non-hydrogen) atoms. The molecular formula is C40H64O6Si3. The average Bonchev–Trinajstić information content (AvgIpc) is 3.02. The van der Waals surface area contributed by atoms with Crippen LogP contribution in [-0.2, 0) is 27.7 Å². The molecule has 0 heterocycles. The van der Waals surface area contributed by atoms with Gasteiger partial charge in [0.2, 0.25) is 0 Å². The molecule has 0 spiro atoms. The highest BCUT2D eigenvalue weighted by Crippen LogP contribution is 2.30. The topological polar surface area (TPSA) is 88.4 Å². The molecule has 3 N–H and O–H groups in total. The summed E-state index contributed by atoms with van der Waals surface area (Å²) in [7, 11) is -6.07. The molecule has 0 aliphatic heterocycles. The summed E-state index contributed by atoms with van der Waals surface area (Å²) in [6.07, 6.45) is 3.63. The lowest BCUT2D eigenvalue weighted by Gasteiger charge is -2.43. The van der Waals surface area contributed by atoms with Gasteiger partial charge in [-0.1, -0.05) is 103 Å². The third kappa shape index (κ3) is 12.6. The van der Waals surface area contributed by atoms with E-state index in [-0.39, 0.29) is 47.8 Å². The van der Waals surface area contributed by atoms with Crippen molar-refractivity contribution in [1.82, 2.24) is 0 Å². The number of aliphatic hydroxyl groups excluding tert-OH is 1. The minimum Gasteiger partial charge on any atom is -0.508 e. The number of hydrogen-bond donors (Lipinski definition) is 3. The maximum atomic E-state index is 10.0. The maximum Gasteiger partial charge on any atom is 0.386 e. The van der Waals surface area contributed by atoms with Crippen LogP contribution in [0.1, 0.15) is 59.2 Å². The molecule has 0 aromatic heterocycles. The van der Waals surface area contributed by atoms with Gasteiger partial charge in [-0.05, 0) is 110 Å². The van der Waals surface area contributed by atoms with E-state index in [1.54, 1.807) is 19.2 Å². The van der Waals surface area contributed by atoms with E-state index >= 15 is 0 Å². The van der Waals surface area contributed by atoms with E-state index in [4.69, 9.17) is 13.0 Å². The van der Waals surface area contributed by atoms with Crippen molar-refractivity contribution >= 4 is 35.6 Å². The van der Waals surface area contributed by atoms with Crippen molar-refractivity contribution in [3.63, 3.8) is 0 Å². The van der Waals surface area contributed by atoms with Crippen LogP contribution in [0.5, 0.6) is 17.2 Å². The van der Waals surface area contributed by atoms with Gasteiger partial charge in [-0.25, -0.2) is 0 Å². The standard InChI is InChI=1S/C36H48O6Si3.4CH4/c1-40-36-27-30(21-23-35(36)39)15-13-25-44(4,5)42-45(32-16-8-6-9-17-32,33-18-10-7-11-19-33)41-43(2,3)24-12-14-29-20-22-34(38)31(26-29)28-37;;;;/h6-11,16-23,26-27,37-39H,12-15,24-25,28H2,1-5H3;4*1H4. The molecule has 9 heteroatoms. The fourth-order valence-corrected chi connectivity index (χ4v) is 19.0. The number of aliphatic hydroxyl groups is 1. The summed E-state index contributed by atoms with van der Waals surface area (Å²) in [5, 5.41) is 31.8. The zero-order valence-electron chi connectivity index (χ0n) is 27.3. The van der Waals surface area contributed by atoms with Gasteiger partial charge in [0.25, 0.3) is 0 Å². The summed E-state index contributed by atoms with van der Waals surface area (Å²) in [5.41, 5.74) is 2.80. The van der Waals surface area contributed by atoms with Crippen LogP contribution in [0.4, 0.5) is 0 Å². The van der Waals surface area contributed by atoms with E-state index in [1.807, 2.05) is 36.4 Å². The number of aromatic hydroxyl groups is 2. The SMILES string of the molecule is C.C.C.C.COc1cc(CCC[Si](C)(C)O[Si](O[Si](C)(C)CCCc2ccc(O)c(CO)c2)(c2ccccc2)c2ccccc2)ccc1O. The lowest BCUT2D eigenvalue weighted by Crippen LogP contribution is -2.70. The van der Waals surface area contributed by atoms with Crippen LogP contribution in [0.3, 0.4) is 0 Å². The molecule has 6 nitrogen and oxygen atoms in total. The Hall–Kier alpha value is -3.19. The molecule has 272 valence electrons. The van der Waals surface area contributed by atoms with Gasteiger partial charge in [0.1, 0.15) is 5.75 Å². The number of hydrogen-bond acceptors (Lipinski definition) is 6. The molecule has 0 saturated heterocycles. The number of benzene rings is 4. The minimum absolute atomic E-state index is 0. The van der Waals surface area contributed by atoms with Gasteiger partial charge >= 0.3 is 8.56 Å². The minimum atomic E-state index is -3.12. The quantitative estimate of drug-likeness (QED) is 0.0999. The lowest BCUT2D eigenvalue weighted by atomic mass is 10.1. The average molecular weight is 725 g/mol. The van der Waals surface area contributed by atoms with Gasteiger partial charge in [-0.3, -0.25) is 0 Å². The van der Waals surface area contributed by atoms with Crippen molar-refractivity contribution in [2.45, 2.75) is 100 Å². The fraction of sp³-hybridized carbons (Fsp3) is 0.400. The van der Waals surface area contributed by atoms with Crippen LogP contribution >= 0.6 is 0 Å². The third-order valence-corrected chi connectivity index (χ3v) is 20.2. The molecular weight excluding hydrogens is 661 g/mol. The molecule has 0 unspecified atom stereocenters. The van der Waals surface area contributed by atoms with E-state index in [9.17, 15) is 15.3 Å². The van der Waals surface area contributed by atoms with E-state index in [1.165, 1.54) is 0 Å². The molecule has 0 aliphatic rings. The first-order valence-corrected chi connectivity index (χ1v) is 23.8. The summed E-state index contributed by atoms with van der Waals surface area (Å²) in [5.74, 6) is 0.787. The smallest absolute Gasteiger partial charge is 0.386 e. The largest absolute Gasteiger partial charge is 0.508 e. The third-order valence-electron chi connectivity index (χ3n) is 8.19. The summed E-state index contributed by atoms with van der Waals surface area (Å²) in [6, 6.07) is 34.1. The Morgan fingerprint density at radius 3 is 1.43 bits per heavy atom. The number of methoxy groups -OCH3 is 1. The van der Waals surface area contributed by atoms with Crippen molar-refractivity contribution in [3.8, 4) is 17.2 Å². The van der Waals surface area contributed by atoms with Crippen LogP contribution in [-0.4, -0.2) is 47.6 Å². The van der Waals surface area contributed by atoms with Gasteiger partial charge in [0.05, 0.1) is 13.7 Å². The number of phenolic OH excluding ortho intramolecular Hbond substituents is 1. The molecule has 4 rings (SSSR count). The van der Waals surface area contributed by atoms with Crippen molar-refractivity contribution in [3.05, 3.63) is 114 Å². The zero-order chi connectivity index (χ0) is 32.5. The van der Waals surface area contributed by atoms with Crippen LogP contribution < -0.4 is 15.1 Å². The van der Waals surface area contributed by atoms with E-state index in [0.29, 0.717) is 11.3 Å². The molecule has 0 atom stereocenters. The number of phenols is 2. The van der Waals surface area contributed by atoms with Crippen molar-refractivity contribution in [2.75, 3.05) is 7.11 Å². The monoisotopic (exact) mass is 724 g/mol. The molecule has 0 amide bonds. The van der Waals surface area contributed by atoms with Gasteiger partial charge in [0.15, 0.2) is 28.1 Å². The number of ether oxygens (including phenoxy) is 1. The first kappa shape index (κ1) is 45.8. The predicted octanol–water partition coefficient (Wildman–Crippen LogP) is 9.41. The van der Waals surface area contributed by atoms with Gasteiger partial charge in [-0.15, -0.1) is 0 Å². The Labute approximate surface area is 301 Å².